The van der Waals surface area contributed by atoms with Crippen LogP contribution in [0.1, 0.15) is 21.9 Å². The molecule has 158 valence electrons. The van der Waals surface area contributed by atoms with Crippen molar-refractivity contribution in [3.8, 4) is 5.75 Å². The van der Waals surface area contributed by atoms with Crippen molar-refractivity contribution in [1.29, 1.82) is 0 Å². The van der Waals surface area contributed by atoms with Gasteiger partial charge in [0.1, 0.15) is 18.1 Å². The Morgan fingerprint density at radius 1 is 1.13 bits per heavy atom. The highest BCUT2D eigenvalue weighted by Gasteiger charge is 2.28. The minimum Gasteiger partial charge on any atom is -0.486 e. The second-order valence-electron chi connectivity index (χ2n) is 6.81. The van der Waals surface area contributed by atoms with Crippen LogP contribution in [0, 0.1) is 0 Å². The predicted octanol–water partition coefficient (Wildman–Crippen LogP) is 3.93. The number of hydrogen-bond acceptors (Lipinski definition) is 5. The van der Waals surface area contributed by atoms with Crippen molar-refractivity contribution in [3.05, 3.63) is 82.2 Å². The van der Waals surface area contributed by atoms with Crippen LogP contribution < -0.4 is 15.4 Å². The van der Waals surface area contributed by atoms with Crippen LogP contribution >= 0.6 is 15.9 Å². The number of halogens is 1. The van der Waals surface area contributed by atoms with Gasteiger partial charge >= 0.3 is 6.03 Å². The molecule has 0 aliphatic carbocycles. The summed E-state index contributed by atoms with van der Waals surface area (Å²) in [5, 5.41) is 5.23. The van der Waals surface area contributed by atoms with Gasteiger partial charge in [0.25, 0.3) is 5.91 Å². The van der Waals surface area contributed by atoms with Gasteiger partial charge in [0.15, 0.2) is 5.76 Å². The fourth-order valence-electron chi connectivity index (χ4n) is 3.03. The maximum absolute atomic E-state index is 12.5. The lowest BCUT2D eigenvalue weighted by Gasteiger charge is -2.13. The second kappa shape index (κ2) is 9.05. The summed E-state index contributed by atoms with van der Waals surface area (Å²) in [4.78, 5) is 37.1. The molecule has 4 amide bonds. The number of urea groups is 1. The zero-order valence-corrected chi connectivity index (χ0v) is 17.8. The van der Waals surface area contributed by atoms with Crippen LogP contribution in [-0.4, -0.2) is 29.3 Å². The maximum Gasteiger partial charge on any atom is 0.324 e. The molecule has 0 radical (unpaired) electrons. The molecule has 31 heavy (non-hydrogen) atoms. The average Bonchev–Trinajstić information content (AvgIpc) is 3.35. The molecule has 8 nitrogen and oxygen atoms in total. The average molecular weight is 484 g/mol. The van der Waals surface area contributed by atoms with Gasteiger partial charge in [-0.2, -0.15) is 0 Å². The van der Waals surface area contributed by atoms with Gasteiger partial charge in [0.05, 0.1) is 13.1 Å². The van der Waals surface area contributed by atoms with E-state index in [1.165, 1.54) is 0 Å². The Hall–Kier alpha value is -3.59. The summed E-state index contributed by atoms with van der Waals surface area (Å²) < 4.78 is 12.1. The molecule has 1 aliphatic heterocycles. The molecule has 2 N–H and O–H groups in total. The zero-order valence-electron chi connectivity index (χ0n) is 16.3. The number of nitrogens with one attached hydrogen (secondary N) is 2. The molecule has 1 aromatic heterocycles. The van der Waals surface area contributed by atoms with E-state index in [1.54, 1.807) is 36.4 Å². The molecule has 0 spiro atoms. The first-order valence-electron chi connectivity index (χ1n) is 9.43. The van der Waals surface area contributed by atoms with Gasteiger partial charge in [-0.3, -0.25) is 14.5 Å². The topological polar surface area (TPSA) is 101 Å². The van der Waals surface area contributed by atoms with Crippen molar-refractivity contribution in [1.82, 2.24) is 10.2 Å². The Kier molecular flexibility index (Phi) is 6.03. The third-order valence-electron chi connectivity index (χ3n) is 4.53. The van der Waals surface area contributed by atoms with Gasteiger partial charge < -0.3 is 19.8 Å². The molecular formula is C22H18BrN3O5. The summed E-state index contributed by atoms with van der Waals surface area (Å²) in [7, 11) is 0. The number of rotatable bonds is 7. The van der Waals surface area contributed by atoms with Gasteiger partial charge in [0, 0.05) is 10.2 Å². The highest BCUT2D eigenvalue weighted by atomic mass is 79.9. The van der Waals surface area contributed by atoms with Gasteiger partial charge in [-0.25, -0.2) is 4.79 Å². The van der Waals surface area contributed by atoms with E-state index in [-0.39, 0.29) is 31.4 Å². The lowest BCUT2D eigenvalue weighted by atomic mass is 10.2. The summed E-state index contributed by atoms with van der Waals surface area (Å²) in [5.74, 6) is 0.636. The van der Waals surface area contributed by atoms with E-state index >= 15 is 0 Å². The number of benzene rings is 2. The molecule has 1 saturated heterocycles. The molecule has 2 aromatic carbocycles. The minimum absolute atomic E-state index is 0.00134. The first-order chi connectivity index (χ1) is 15.0. The first-order valence-corrected chi connectivity index (χ1v) is 10.2. The number of carbonyl (C=O) groups excluding carboxylic acids is 3. The van der Waals surface area contributed by atoms with Gasteiger partial charge in [-0.1, -0.05) is 34.1 Å². The van der Waals surface area contributed by atoms with Gasteiger partial charge in [0.2, 0.25) is 5.91 Å². The molecule has 0 bridgehead atoms. The molecule has 1 fully saturated rings. The van der Waals surface area contributed by atoms with E-state index in [0.717, 1.165) is 9.37 Å². The Bertz CT molecular complexity index is 1130. The minimum atomic E-state index is -0.423. The highest BCUT2D eigenvalue weighted by molar-refractivity contribution is 9.10. The monoisotopic (exact) mass is 483 g/mol. The number of carbonyl (C=O) groups is 3. The smallest absolute Gasteiger partial charge is 0.324 e. The van der Waals surface area contributed by atoms with E-state index in [9.17, 15) is 14.4 Å². The van der Waals surface area contributed by atoms with Gasteiger partial charge in [-0.05, 0) is 48.0 Å². The fourth-order valence-corrected chi connectivity index (χ4v) is 3.41. The third-order valence-corrected chi connectivity index (χ3v) is 5.02. The van der Waals surface area contributed by atoms with E-state index in [1.807, 2.05) is 24.3 Å². The zero-order chi connectivity index (χ0) is 21.8. The van der Waals surface area contributed by atoms with Crippen LogP contribution in [0.4, 0.5) is 10.5 Å². The lowest BCUT2D eigenvalue weighted by molar-refractivity contribution is -0.125. The maximum atomic E-state index is 12.5. The molecule has 0 atom stereocenters. The van der Waals surface area contributed by atoms with Crippen LogP contribution in [0.15, 0.2) is 69.6 Å². The molecule has 2 heterocycles. The van der Waals surface area contributed by atoms with Gasteiger partial charge in [-0.15, -0.1) is 0 Å². The van der Waals surface area contributed by atoms with Crippen LogP contribution in [0.5, 0.6) is 5.75 Å². The molecule has 4 rings (SSSR count). The number of ether oxygens (including phenoxy) is 1. The molecule has 3 aromatic rings. The largest absolute Gasteiger partial charge is 0.486 e. The van der Waals surface area contributed by atoms with Crippen molar-refractivity contribution in [3.63, 3.8) is 0 Å². The van der Waals surface area contributed by atoms with Crippen LogP contribution in [0.2, 0.25) is 0 Å². The van der Waals surface area contributed by atoms with E-state index in [0.29, 0.717) is 22.8 Å². The Morgan fingerprint density at radius 2 is 1.97 bits per heavy atom. The van der Waals surface area contributed by atoms with Crippen molar-refractivity contribution < 1.29 is 23.5 Å². The number of imide groups is 1. The normalized spacial score (nSPS) is 13.3. The molecule has 1 aliphatic rings. The SMILES string of the molecule is O=C(Nc1cccc(CN2C(=O)CNC2=O)c1)c1ccc(COc2cccc(Br)c2)o1. The molecule has 0 unspecified atom stereocenters. The van der Waals surface area contributed by atoms with Crippen LogP contribution in [0.25, 0.3) is 0 Å². The summed E-state index contributed by atoms with van der Waals surface area (Å²) in [6.45, 7) is 0.318. The van der Waals surface area contributed by atoms with Crippen molar-refractivity contribution in [2.75, 3.05) is 11.9 Å². The standard InChI is InChI=1S/C22H18BrN3O5/c23-15-4-2-6-17(10-15)30-13-18-7-8-19(31-18)21(28)25-16-5-1-3-14(9-16)12-26-20(27)11-24-22(26)29/h1-10H,11-13H2,(H,24,29)(H,25,28). The first kappa shape index (κ1) is 20.7. The lowest BCUT2D eigenvalue weighted by Crippen LogP contribution is -2.30. The summed E-state index contributed by atoms with van der Waals surface area (Å²) in [6.07, 6.45) is 0. The quantitative estimate of drug-likeness (QED) is 0.495. The Morgan fingerprint density at radius 3 is 2.74 bits per heavy atom. The van der Waals surface area contributed by atoms with Crippen LogP contribution in [0.3, 0.4) is 0 Å². The third kappa shape index (κ3) is 5.13. The van der Waals surface area contributed by atoms with Crippen molar-refractivity contribution >= 4 is 39.5 Å². The number of anilines is 1. The number of amides is 4. The molecular weight excluding hydrogens is 466 g/mol. The summed E-state index contributed by atoms with van der Waals surface area (Å²) >= 11 is 3.38. The predicted molar refractivity (Wildman–Crippen MR) is 116 cm³/mol. The van der Waals surface area contributed by atoms with Crippen molar-refractivity contribution in [2.45, 2.75) is 13.2 Å². The van der Waals surface area contributed by atoms with Crippen molar-refractivity contribution in [2.24, 2.45) is 0 Å². The number of hydrogen-bond donors (Lipinski definition) is 2. The van der Waals surface area contributed by atoms with Crippen LogP contribution in [-0.2, 0) is 17.9 Å². The number of nitrogens with zero attached hydrogens (tertiary/aromatic N) is 1. The Labute approximate surface area is 186 Å². The van der Waals surface area contributed by atoms with E-state index in [4.69, 9.17) is 9.15 Å². The van der Waals surface area contributed by atoms with E-state index in [2.05, 4.69) is 26.6 Å². The summed E-state index contributed by atoms with van der Waals surface area (Å²) in [5.41, 5.74) is 1.24. The Balaban J connectivity index is 1.36. The molecule has 0 saturated carbocycles. The fraction of sp³-hybridized carbons (Fsp3) is 0.136. The second-order valence-corrected chi connectivity index (χ2v) is 7.72. The highest BCUT2D eigenvalue weighted by Crippen LogP contribution is 2.20. The molecule has 9 heteroatoms. The van der Waals surface area contributed by atoms with E-state index < -0.39 is 11.9 Å². The summed E-state index contributed by atoms with van der Waals surface area (Å²) in [6, 6.07) is 17.2. The number of furan rings is 1.